The van der Waals surface area contributed by atoms with E-state index in [0.29, 0.717) is 12.4 Å². The molecule has 0 saturated carbocycles. The summed E-state index contributed by atoms with van der Waals surface area (Å²) in [5.41, 5.74) is 1.78. The summed E-state index contributed by atoms with van der Waals surface area (Å²) < 4.78 is 6.89. The number of methoxy groups -OCH3 is 1. The summed E-state index contributed by atoms with van der Waals surface area (Å²) in [7, 11) is 3.51. The maximum absolute atomic E-state index is 12.7. The molecule has 2 aromatic rings. The molecule has 0 bridgehead atoms. The number of ether oxygens (including phenoxy) is 1. The first kappa shape index (κ1) is 16.4. The van der Waals surface area contributed by atoms with Crippen LogP contribution in [0.15, 0.2) is 24.7 Å². The molecule has 0 aliphatic carbocycles. The Morgan fingerprint density at radius 1 is 1.42 bits per heavy atom. The molecule has 0 unspecified atom stereocenters. The lowest BCUT2D eigenvalue weighted by atomic mass is 10.00. The number of hydrogen-bond acceptors (Lipinski definition) is 5. The molecule has 1 saturated heterocycles. The van der Waals surface area contributed by atoms with Crippen LogP contribution in [0.1, 0.15) is 36.7 Å². The van der Waals surface area contributed by atoms with Crippen LogP contribution in [-0.4, -0.2) is 44.3 Å². The van der Waals surface area contributed by atoms with Crippen LogP contribution in [0.25, 0.3) is 0 Å². The SMILES string of the molecule is COCc1cc(NC(=O)N2CCCC[C@@H]2c2ccnn2C)ncn1. The fourth-order valence-electron chi connectivity index (χ4n) is 3.07. The molecule has 3 rings (SSSR count). The highest BCUT2D eigenvalue weighted by molar-refractivity contribution is 5.88. The summed E-state index contributed by atoms with van der Waals surface area (Å²) >= 11 is 0. The summed E-state index contributed by atoms with van der Waals surface area (Å²) in [6.07, 6.45) is 6.23. The molecule has 3 heterocycles. The van der Waals surface area contributed by atoms with Crippen molar-refractivity contribution < 1.29 is 9.53 Å². The number of carbonyl (C=O) groups excluding carboxylic acids is 1. The lowest BCUT2D eigenvalue weighted by molar-refractivity contribution is 0.159. The quantitative estimate of drug-likeness (QED) is 0.928. The van der Waals surface area contributed by atoms with Crippen molar-refractivity contribution in [2.45, 2.75) is 31.9 Å². The number of amides is 2. The number of urea groups is 1. The van der Waals surface area contributed by atoms with Crippen molar-refractivity contribution in [2.75, 3.05) is 19.0 Å². The fourth-order valence-corrected chi connectivity index (χ4v) is 3.07. The number of carbonyl (C=O) groups is 1. The highest BCUT2D eigenvalue weighted by Crippen LogP contribution is 2.30. The van der Waals surface area contributed by atoms with Crippen molar-refractivity contribution in [1.29, 1.82) is 0 Å². The molecule has 0 spiro atoms. The van der Waals surface area contributed by atoms with Crippen LogP contribution in [0.3, 0.4) is 0 Å². The summed E-state index contributed by atoms with van der Waals surface area (Å²) in [5.74, 6) is 0.483. The summed E-state index contributed by atoms with van der Waals surface area (Å²) in [5, 5.41) is 7.10. The van der Waals surface area contributed by atoms with Crippen LogP contribution in [0.2, 0.25) is 0 Å². The second kappa shape index (κ2) is 7.39. The van der Waals surface area contributed by atoms with Crippen molar-refractivity contribution in [2.24, 2.45) is 7.05 Å². The van der Waals surface area contributed by atoms with Gasteiger partial charge in [0.2, 0.25) is 0 Å². The van der Waals surface area contributed by atoms with Gasteiger partial charge in [0.05, 0.1) is 24.0 Å². The van der Waals surface area contributed by atoms with Crippen molar-refractivity contribution in [1.82, 2.24) is 24.6 Å². The molecule has 24 heavy (non-hydrogen) atoms. The minimum Gasteiger partial charge on any atom is -0.378 e. The first-order valence-electron chi connectivity index (χ1n) is 8.04. The molecule has 128 valence electrons. The van der Waals surface area contributed by atoms with Gasteiger partial charge in [-0.25, -0.2) is 14.8 Å². The van der Waals surface area contributed by atoms with Gasteiger partial charge in [0.15, 0.2) is 0 Å². The van der Waals surface area contributed by atoms with Crippen LogP contribution in [0.5, 0.6) is 0 Å². The second-order valence-electron chi connectivity index (χ2n) is 5.84. The summed E-state index contributed by atoms with van der Waals surface area (Å²) in [4.78, 5) is 22.8. The van der Waals surface area contributed by atoms with Gasteiger partial charge in [-0.05, 0) is 25.3 Å². The highest BCUT2D eigenvalue weighted by atomic mass is 16.5. The number of rotatable bonds is 4. The van der Waals surface area contributed by atoms with E-state index in [1.54, 1.807) is 19.4 Å². The highest BCUT2D eigenvalue weighted by Gasteiger charge is 2.30. The Morgan fingerprint density at radius 2 is 2.29 bits per heavy atom. The lowest BCUT2D eigenvalue weighted by Gasteiger charge is -2.35. The molecule has 1 aliphatic heterocycles. The number of hydrogen-bond donors (Lipinski definition) is 1. The van der Waals surface area contributed by atoms with Gasteiger partial charge in [-0.3, -0.25) is 10.00 Å². The maximum Gasteiger partial charge on any atom is 0.323 e. The molecule has 1 fully saturated rings. The predicted octanol–water partition coefficient (Wildman–Crippen LogP) is 2.12. The van der Waals surface area contributed by atoms with E-state index in [4.69, 9.17) is 4.74 Å². The topological polar surface area (TPSA) is 85.2 Å². The van der Waals surface area contributed by atoms with Crippen molar-refractivity contribution >= 4 is 11.8 Å². The van der Waals surface area contributed by atoms with Crippen molar-refractivity contribution in [3.8, 4) is 0 Å². The molecule has 0 radical (unpaired) electrons. The molecule has 1 N–H and O–H groups in total. The van der Waals surface area contributed by atoms with Crippen LogP contribution in [0, 0.1) is 0 Å². The van der Waals surface area contributed by atoms with E-state index >= 15 is 0 Å². The third-order valence-electron chi connectivity index (χ3n) is 4.21. The second-order valence-corrected chi connectivity index (χ2v) is 5.84. The molecule has 8 heteroatoms. The first-order chi connectivity index (χ1) is 11.7. The summed E-state index contributed by atoms with van der Waals surface area (Å²) in [6, 6.07) is 3.58. The molecule has 1 atom stereocenters. The van der Waals surface area contributed by atoms with E-state index in [1.807, 2.05) is 22.7 Å². The number of likely N-dealkylation sites (tertiary alicyclic amines) is 1. The Bertz CT molecular complexity index is 701. The normalized spacial score (nSPS) is 17.8. The smallest absolute Gasteiger partial charge is 0.323 e. The van der Waals surface area contributed by atoms with E-state index < -0.39 is 0 Å². The van der Waals surface area contributed by atoms with Gasteiger partial charge in [0.25, 0.3) is 0 Å². The predicted molar refractivity (Wildman–Crippen MR) is 88.3 cm³/mol. The molecule has 2 amide bonds. The van der Waals surface area contributed by atoms with Crippen LogP contribution < -0.4 is 5.32 Å². The molecule has 1 aliphatic rings. The Kier molecular flexibility index (Phi) is 5.05. The van der Waals surface area contributed by atoms with Crippen molar-refractivity contribution in [3.05, 3.63) is 36.0 Å². The number of nitrogens with zero attached hydrogens (tertiary/aromatic N) is 5. The van der Waals surface area contributed by atoms with Crippen LogP contribution >= 0.6 is 0 Å². The van der Waals surface area contributed by atoms with E-state index in [1.165, 1.54) is 6.33 Å². The van der Waals surface area contributed by atoms with Gasteiger partial charge >= 0.3 is 6.03 Å². The Hall–Kier alpha value is -2.48. The number of anilines is 1. The van der Waals surface area contributed by atoms with Gasteiger partial charge in [0, 0.05) is 33.0 Å². The average molecular weight is 330 g/mol. The van der Waals surface area contributed by atoms with Gasteiger partial charge in [0.1, 0.15) is 12.1 Å². The number of piperidine rings is 1. The molecule has 8 nitrogen and oxygen atoms in total. The average Bonchev–Trinajstić information content (AvgIpc) is 3.01. The largest absolute Gasteiger partial charge is 0.378 e. The molecule has 2 aromatic heterocycles. The summed E-state index contributed by atoms with van der Waals surface area (Å²) in [6.45, 7) is 1.10. The third kappa shape index (κ3) is 3.53. The zero-order valence-electron chi connectivity index (χ0n) is 14.0. The lowest BCUT2D eigenvalue weighted by Crippen LogP contribution is -2.42. The zero-order valence-corrected chi connectivity index (χ0v) is 14.0. The minimum absolute atomic E-state index is 0.0338. The fraction of sp³-hybridized carbons (Fsp3) is 0.500. The zero-order chi connectivity index (χ0) is 16.9. The molecular weight excluding hydrogens is 308 g/mol. The Balaban J connectivity index is 1.75. The number of aryl methyl sites for hydroxylation is 1. The van der Waals surface area contributed by atoms with E-state index in [2.05, 4.69) is 20.4 Å². The number of nitrogens with one attached hydrogen (secondary N) is 1. The Labute approximate surface area is 140 Å². The van der Waals surface area contributed by atoms with Gasteiger partial charge < -0.3 is 9.64 Å². The first-order valence-corrected chi connectivity index (χ1v) is 8.04. The standard InChI is InChI=1S/C16H22N6O2/c1-21-13(6-7-19-21)14-5-3-4-8-22(14)16(23)20-15-9-12(10-24-2)17-11-18-15/h6-7,9,11,14H,3-5,8,10H2,1-2H3,(H,17,18,20,23)/t14-/m1/s1. The van der Waals surface area contributed by atoms with Crippen molar-refractivity contribution in [3.63, 3.8) is 0 Å². The molecular formula is C16H22N6O2. The maximum atomic E-state index is 12.7. The third-order valence-corrected chi connectivity index (χ3v) is 4.21. The number of aromatic nitrogens is 4. The van der Waals surface area contributed by atoms with Crippen LogP contribution in [-0.2, 0) is 18.4 Å². The van der Waals surface area contributed by atoms with Gasteiger partial charge in [-0.2, -0.15) is 5.10 Å². The van der Waals surface area contributed by atoms with Gasteiger partial charge in [-0.15, -0.1) is 0 Å². The van der Waals surface area contributed by atoms with Crippen LogP contribution in [0.4, 0.5) is 10.6 Å². The van der Waals surface area contributed by atoms with Gasteiger partial charge in [-0.1, -0.05) is 0 Å². The minimum atomic E-state index is -0.150. The van der Waals surface area contributed by atoms with E-state index in [0.717, 1.165) is 37.2 Å². The van der Waals surface area contributed by atoms with E-state index in [-0.39, 0.29) is 12.1 Å². The monoisotopic (exact) mass is 330 g/mol. The van der Waals surface area contributed by atoms with E-state index in [9.17, 15) is 4.79 Å². The molecule has 0 aromatic carbocycles. The Morgan fingerprint density at radius 3 is 3.04 bits per heavy atom.